The Bertz CT molecular complexity index is 418. The second kappa shape index (κ2) is 6.87. The lowest BCUT2D eigenvalue weighted by molar-refractivity contribution is 0.266. The molecule has 0 radical (unpaired) electrons. The van der Waals surface area contributed by atoms with Crippen LogP contribution in [0.15, 0.2) is 5.38 Å². The van der Waals surface area contributed by atoms with Gasteiger partial charge in [0.1, 0.15) is 0 Å². The molecule has 1 aliphatic rings. The molecular weight excluding hydrogens is 268 g/mol. The molecule has 1 aromatic rings. The molecule has 1 aliphatic heterocycles. The fourth-order valence-corrected chi connectivity index (χ4v) is 3.80. The van der Waals surface area contributed by atoms with Crippen LogP contribution >= 0.6 is 11.3 Å². The van der Waals surface area contributed by atoms with Gasteiger partial charge < -0.3 is 15.1 Å². The molecule has 0 spiro atoms. The Kier molecular flexibility index (Phi) is 5.41. The minimum atomic E-state index is 0.352. The number of rotatable bonds is 6. The summed E-state index contributed by atoms with van der Waals surface area (Å²) in [6, 6.07) is 0.989. The van der Waals surface area contributed by atoms with Gasteiger partial charge in [-0.3, -0.25) is 0 Å². The maximum absolute atomic E-state index is 4.84. The molecule has 0 bridgehead atoms. The number of anilines is 1. The van der Waals surface area contributed by atoms with E-state index in [1.807, 2.05) is 0 Å². The van der Waals surface area contributed by atoms with Crippen molar-refractivity contribution in [2.24, 2.45) is 5.92 Å². The van der Waals surface area contributed by atoms with E-state index < -0.39 is 0 Å². The molecule has 1 N–H and O–H groups in total. The Balaban J connectivity index is 1.99. The molecular formula is C15H28N4S. The highest BCUT2D eigenvalue weighted by Crippen LogP contribution is 2.30. The summed E-state index contributed by atoms with van der Waals surface area (Å²) in [4.78, 5) is 9.62. The van der Waals surface area contributed by atoms with Gasteiger partial charge in [0.2, 0.25) is 0 Å². The molecule has 2 heterocycles. The highest BCUT2D eigenvalue weighted by atomic mass is 32.1. The van der Waals surface area contributed by atoms with Crippen LogP contribution in [0, 0.1) is 5.92 Å². The van der Waals surface area contributed by atoms with E-state index >= 15 is 0 Å². The maximum Gasteiger partial charge on any atom is 0.185 e. The SMILES string of the molecule is CCCNC(C)c1csc(N2CC(C)C(N(C)C)C2)n1. The summed E-state index contributed by atoms with van der Waals surface area (Å²) in [7, 11) is 4.35. The Labute approximate surface area is 127 Å². The molecule has 20 heavy (non-hydrogen) atoms. The minimum Gasteiger partial charge on any atom is -0.346 e. The van der Waals surface area contributed by atoms with Crippen molar-refractivity contribution in [3.8, 4) is 0 Å². The van der Waals surface area contributed by atoms with Crippen molar-refractivity contribution in [1.82, 2.24) is 15.2 Å². The van der Waals surface area contributed by atoms with Crippen LogP contribution in [0.5, 0.6) is 0 Å². The molecule has 0 amide bonds. The molecule has 0 saturated carbocycles. The second-order valence-corrected chi connectivity index (χ2v) is 6.98. The van der Waals surface area contributed by atoms with Crippen LogP contribution in [0.25, 0.3) is 0 Å². The standard InChI is InChI=1S/C15H28N4S/c1-6-7-16-12(3)13-10-20-15(17-13)19-8-11(2)14(9-19)18(4)5/h10-12,14,16H,6-9H2,1-5H3. The molecule has 2 rings (SSSR count). The molecule has 0 aromatic carbocycles. The zero-order valence-corrected chi connectivity index (χ0v) is 14.2. The van der Waals surface area contributed by atoms with Gasteiger partial charge in [0.15, 0.2) is 5.13 Å². The molecule has 0 aliphatic carbocycles. The molecule has 1 fully saturated rings. The van der Waals surface area contributed by atoms with Crippen LogP contribution in [0.2, 0.25) is 0 Å². The highest BCUT2D eigenvalue weighted by Gasteiger charge is 2.32. The van der Waals surface area contributed by atoms with E-state index in [2.05, 4.69) is 55.4 Å². The van der Waals surface area contributed by atoms with E-state index in [1.54, 1.807) is 11.3 Å². The number of nitrogens with one attached hydrogen (secondary N) is 1. The fourth-order valence-electron chi connectivity index (χ4n) is 2.86. The van der Waals surface area contributed by atoms with Crippen molar-refractivity contribution < 1.29 is 0 Å². The van der Waals surface area contributed by atoms with E-state index in [-0.39, 0.29) is 0 Å². The number of hydrogen-bond acceptors (Lipinski definition) is 5. The zero-order valence-electron chi connectivity index (χ0n) is 13.4. The van der Waals surface area contributed by atoms with Gasteiger partial charge in [0.05, 0.1) is 5.69 Å². The Morgan fingerprint density at radius 1 is 1.50 bits per heavy atom. The number of likely N-dealkylation sites (N-methyl/N-ethyl adjacent to an activating group) is 1. The minimum absolute atomic E-state index is 0.352. The van der Waals surface area contributed by atoms with Gasteiger partial charge in [-0.05, 0) is 39.9 Å². The maximum atomic E-state index is 4.84. The van der Waals surface area contributed by atoms with Crippen molar-refractivity contribution in [1.29, 1.82) is 0 Å². The third kappa shape index (κ3) is 3.51. The van der Waals surface area contributed by atoms with Crippen LogP contribution < -0.4 is 10.2 Å². The molecule has 1 saturated heterocycles. The first kappa shape index (κ1) is 15.7. The van der Waals surface area contributed by atoms with E-state index in [0.29, 0.717) is 18.0 Å². The lowest BCUT2D eigenvalue weighted by atomic mass is 10.1. The van der Waals surface area contributed by atoms with Gasteiger partial charge >= 0.3 is 0 Å². The molecule has 114 valence electrons. The first-order valence-electron chi connectivity index (χ1n) is 7.63. The van der Waals surface area contributed by atoms with Crippen molar-refractivity contribution in [3.05, 3.63) is 11.1 Å². The summed E-state index contributed by atoms with van der Waals surface area (Å²) in [5, 5.41) is 6.89. The van der Waals surface area contributed by atoms with Crippen molar-refractivity contribution in [2.75, 3.05) is 38.6 Å². The van der Waals surface area contributed by atoms with Crippen LogP contribution in [0.4, 0.5) is 5.13 Å². The average molecular weight is 296 g/mol. The number of thiazole rings is 1. The highest BCUT2D eigenvalue weighted by molar-refractivity contribution is 7.13. The van der Waals surface area contributed by atoms with E-state index in [4.69, 9.17) is 4.98 Å². The van der Waals surface area contributed by atoms with Crippen molar-refractivity contribution >= 4 is 16.5 Å². The zero-order chi connectivity index (χ0) is 14.7. The lowest BCUT2D eigenvalue weighted by Gasteiger charge is -2.22. The van der Waals surface area contributed by atoms with Crippen molar-refractivity contribution in [3.63, 3.8) is 0 Å². The number of nitrogens with zero attached hydrogens (tertiary/aromatic N) is 3. The molecule has 1 aromatic heterocycles. The summed E-state index contributed by atoms with van der Waals surface area (Å²) in [5.74, 6) is 0.702. The third-order valence-electron chi connectivity index (χ3n) is 4.16. The normalized spacial score (nSPS) is 24.6. The second-order valence-electron chi connectivity index (χ2n) is 6.14. The number of aromatic nitrogens is 1. The molecule has 4 nitrogen and oxygen atoms in total. The predicted molar refractivity (Wildman–Crippen MR) is 87.7 cm³/mol. The van der Waals surface area contributed by atoms with Gasteiger partial charge in [-0.25, -0.2) is 4.98 Å². The third-order valence-corrected chi connectivity index (χ3v) is 5.08. The van der Waals surface area contributed by atoms with Crippen LogP contribution in [0.1, 0.15) is 38.9 Å². The van der Waals surface area contributed by atoms with Gasteiger partial charge in [0, 0.05) is 30.6 Å². The van der Waals surface area contributed by atoms with E-state index in [9.17, 15) is 0 Å². The summed E-state index contributed by atoms with van der Waals surface area (Å²) in [6.45, 7) is 10.00. The topological polar surface area (TPSA) is 31.4 Å². The summed E-state index contributed by atoms with van der Waals surface area (Å²) in [5.41, 5.74) is 1.18. The van der Waals surface area contributed by atoms with Gasteiger partial charge in [0.25, 0.3) is 0 Å². The van der Waals surface area contributed by atoms with Crippen LogP contribution in [-0.4, -0.2) is 49.7 Å². The predicted octanol–water partition coefficient (Wildman–Crippen LogP) is 2.59. The molecule has 3 atom stereocenters. The van der Waals surface area contributed by atoms with E-state index in [1.165, 1.54) is 10.8 Å². The Morgan fingerprint density at radius 2 is 2.25 bits per heavy atom. The summed E-state index contributed by atoms with van der Waals surface area (Å²) < 4.78 is 0. The summed E-state index contributed by atoms with van der Waals surface area (Å²) >= 11 is 1.78. The van der Waals surface area contributed by atoms with Gasteiger partial charge in [-0.15, -0.1) is 11.3 Å². The van der Waals surface area contributed by atoms with Crippen molar-refractivity contribution in [2.45, 2.75) is 39.3 Å². The average Bonchev–Trinajstić information content (AvgIpc) is 3.02. The monoisotopic (exact) mass is 296 g/mol. The lowest BCUT2D eigenvalue weighted by Crippen LogP contribution is -2.34. The first-order valence-corrected chi connectivity index (χ1v) is 8.51. The van der Waals surface area contributed by atoms with Gasteiger partial charge in [-0.1, -0.05) is 13.8 Å². The van der Waals surface area contributed by atoms with Crippen LogP contribution in [-0.2, 0) is 0 Å². The Hall–Kier alpha value is -0.650. The summed E-state index contributed by atoms with van der Waals surface area (Å²) in [6.07, 6.45) is 1.16. The first-order chi connectivity index (χ1) is 9.52. The Morgan fingerprint density at radius 3 is 2.85 bits per heavy atom. The van der Waals surface area contributed by atoms with Crippen LogP contribution in [0.3, 0.4) is 0 Å². The quantitative estimate of drug-likeness (QED) is 0.874. The van der Waals surface area contributed by atoms with Gasteiger partial charge in [-0.2, -0.15) is 0 Å². The smallest absolute Gasteiger partial charge is 0.185 e. The van der Waals surface area contributed by atoms with E-state index in [0.717, 1.165) is 26.1 Å². The molecule has 3 unspecified atom stereocenters. The molecule has 5 heteroatoms. The fraction of sp³-hybridized carbons (Fsp3) is 0.800. The largest absolute Gasteiger partial charge is 0.346 e. The number of hydrogen-bond donors (Lipinski definition) is 1.